The maximum Gasteiger partial charge on any atom is 0.122 e. The van der Waals surface area contributed by atoms with Crippen LogP contribution in [0.2, 0.25) is 0 Å². The summed E-state index contributed by atoms with van der Waals surface area (Å²) >= 11 is 0. The van der Waals surface area contributed by atoms with Gasteiger partial charge in [-0.3, -0.25) is 0 Å². The van der Waals surface area contributed by atoms with E-state index in [1.807, 2.05) is 36.4 Å². The molecule has 0 N–H and O–H groups in total. The molecular weight excluding hydrogens is 1080 g/mol. The van der Waals surface area contributed by atoms with Crippen molar-refractivity contribution in [2.45, 2.75) is 152 Å². The van der Waals surface area contributed by atoms with Crippen LogP contribution in [0.1, 0.15) is 149 Å². The van der Waals surface area contributed by atoms with Gasteiger partial charge in [-0.25, -0.2) is 0 Å². The Morgan fingerprint density at radius 3 is 1.42 bits per heavy atom. The summed E-state index contributed by atoms with van der Waals surface area (Å²) in [5.74, 6) is 5.67. The first-order chi connectivity index (χ1) is 28.0. The Morgan fingerprint density at radius 2 is 0.950 bits per heavy atom. The molecule has 0 aromatic heterocycles. The number of para-hydroxylation sites is 4. The SMILES string of the molecule is CCCCc1ccccc1OC(C)CC.CCCCc1ccccc1OCC(C)C.[CH2-]C(C)Cc1ccccc1OCCC.[CH2-]CC(C)c1ccccc1OCCC.[W].[W]. The minimum atomic E-state index is 0. The second-order valence-corrected chi connectivity index (χ2v) is 15.8. The van der Waals surface area contributed by atoms with E-state index < -0.39 is 0 Å². The molecular formula is C54H82O4W2-2. The zero-order valence-corrected chi connectivity index (χ0v) is 45.2. The molecule has 0 spiro atoms. The number of hydrogen-bond acceptors (Lipinski definition) is 4. The van der Waals surface area contributed by atoms with Crippen LogP contribution in [0.3, 0.4) is 0 Å². The molecule has 0 fully saturated rings. The monoisotopic (exact) mass is 1160 g/mol. The van der Waals surface area contributed by atoms with Gasteiger partial charge in [0.05, 0.1) is 25.9 Å². The molecule has 0 heterocycles. The summed E-state index contributed by atoms with van der Waals surface area (Å²) in [6, 6.07) is 33.2. The molecule has 0 bridgehead atoms. The molecule has 3 atom stereocenters. The summed E-state index contributed by atoms with van der Waals surface area (Å²) in [5, 5.41) is 0. The van der Waals surface area contributed by atoms with E-state index in [-0.39, 0.29) is 42.1 Å². The number of rotatable bonds is 22. The molecule has 60 heavy (non-hydrogen) atoms. The predicted molar refractivity (Wildman–Crippen MR) is 252 cm³/mol. The van der Waals surface area contributed by atoms with Gasteiger partial charge in [0, 0.05) is 42.1 Å². The van der Waals surface area contributed by atoms with Crippen molar-refractivity contribution in [1.29, 1.82) is 0 Å². The average molecular weight is 1160 g/mol. The fraction of sp³-hybridized carbons (Fsp3) is 0.519. The predicted octanol–water partition coefficient (Wildman–Crippen LogP) is 15.6. The maximum absolute atomic E-state index is 5.89. The molecule has 4 aromatic rings. The molecule has 0 saturated carbocycles. The molecule has 4 rings (SSSR count). The van der Waals surface area contributed by atoms with Crippen LogP contribution in [0.25, 0.3) is 0 Å². The van der Waals surface area contributed by atoms with Gasteiger partial charge >= 0.3 is 0 Å². The molecule has 0 aliphatic heterocycles. The van der Waals surface area contributed by atoms with Crippen LogP contribution in [-0.2, 0) is 61.4 Å². The van der Waals surface area contributed by atoms with Gasteiger partial charge in [-0.1, -0.05) is 148 Å². The summed E-state index contributed by atoms with van der Waals surface area (Å²) in [4.78, 5) is 0. The van der Waals surface area contributed by atoms with Crippen molar-refractivity contribution in [3.63, 3.8) is 0 Å². The van der Waals surface area contributed by atoms with Crippen molar-refractivity contribution in [3.05, 3.63) is 133 Å². The topological polar surface area (TPSA) is 36.9 Å². The standard InChI is InChI=1S/2C14H22O.2C13H19O.2W/c1-4-5-8-13-9-6-7-10-14(13)15-11-12(2)3;1-4-6-9-13-10-7-8-11-14(13)15-12(3)5-2;1-4-9-14-13-8-6-5-7-12(13)10-11(2)3;1-4-10-14-13-9-7-6-8-12(13)11(3)5-2;;/h6-7,9-10,12H,4-5,8,11H2,1-3H3;7-8,10-12H,4-6,9H2,1-3H3;5-8,11H,2,4,9-10H2,1,3H3;6-9,11H,2,4-5,10H2,1,3H3;;/q;;2*-1;;. The quantitative estimate of drug-likeness (QED) is 0.0735. The first kappa shape index (κ1) is 59.5. The fourth-order valence-electron chi connectivity index (χ4n) is 5.75. The Hall–Kier alpha value is -2.54. The summed E-state index contributed by atoms with van der Waals surface area (Å²) < 4.78 is 23.0. The Kier molecular flexibility index (Phi) is 37.9. The Balaban J connectivity index is 0. The van der Waals surface area contributed by atoms with Crippen molar-refractivity contribution < 1.29 is 61.1 Å². The normalized spacial score (nSPS) is 11.6. The molecule has 3 unspecified atom stereocenters. The van der Waals surface area contributed by atoms with Crippen molar-refractivity contribution in [3.8, 4) is 23.0 Å². The number of hydrogen-bond donors (Lipinski definition) is 0. The largest absolute Gasteiger partial charge is 0.493 e. The van der Waals surface area contributed by atoms with Gasteiger partial charge in [-0.15, -0.1) is 0 Å². The molecule has 4 aromatic carbocycles. The third-order valence-corrected chi connectivity index (χ3v) is 9.37. The zero-order chi connectivity index (χ0) is 43.0. The van der Waals surface area contributed by atoms with Gasteiger partial charge in [-0.2, -0.15) is 12.3 Å². The first-order valence-electron chi connectivity index (χ1n) is 22.5. The molecule has 336 valence electrons. The van der Waals surface area contributed by atoms with E-state index in [0.717, 1.165) is 87.8 Å². The molecule has 6 heteroatoms. The van der Waals surface area contributed by atoms with Gasteiger partial charge in [-0.05, 0) is 117 Å². The van der Waals surface area contributed by atoms with Gasteiger partial charge in [0.2, 0.25) is 0 Å². The number of unbranched alkanes of at least 4 members (excludes halogenated alkanes) is 2. The van der Waals surface area contributed by atoms with Gasteiger partial charge < -0.3 is 32.8 Å². The Labute approximate surface area is 398 Å². The third-order valence-electron chi connectivity index (χ3n) is 9.37. The van der Waals surface area contributed by atoms with E-state index in [2.05, 4.69) is 144 Å². The van der Waals surface area contributed by atoms with Crippen molar-refractivity contribution in [2.24, 2.45) is 11.8 Å². The number of aryl methyl sites for hydroxylation is 2. The van der Waals surface area contributed by atoms with Crippen LogP contribution in [0, 0.1) is 25.7 Å². The third kappa shape index (κ3) is 26.7. The molecule has 4 nitrogen and oxygen atoms in total. The molecule has 0 saturated heterocycles. The Morgan fingerprint density at radius 1 is 0.517 bits per heavy atom. The minimum absolute atomic E-state index is 0. The van der Waals surface area contributed by atoms with Gasteiger partial charge in [0.1, 0.15) is 23.0 Å². The Bertz CT molecular complexity index is 1570. The second-order valence-electron chi connectivity index (χ2n) is 15.8. The average Bonchev–Trinajstić information content (AvgIpc) is 3.24. The van der Waals surface area contributed by atoms with Crippen molar-refractivity contribution in [1.82, 2.24) is 0 Å². The summed E-state index contributed by atoms with van der Waals surface area (Å²) in [5.41, 5.74) is 5.24. The second kappa shape index (κ2) is 38.2. The molecule has 0 aliphatic rings. The molecule has 0 amide bonds. The maximum atomic E-state index is 5.89. The van der Waals surface area contributed by atoms with Crippen LogP contribution in [0.4, 0.5) is 0 Å². The fourth-order valence-corrected chi connectivity index (χ4v) is 5.75. The van der Waals surface area contributed by atoms with Crippen molar-refractivity contribution in [2.75, 3.05) is 19.8 Å². The smallest absolute Gasteiger partial charge is 0.122 e. The van der Waals surface area contributed by atoms with Gasteiger partial charge in [0.25, 0.3) is 0 Å². The van der Waals surface area contributed by atoms with E-state index in [9.17, 15) is 0 Å². The number of ether oxygens (including phenoxy) is 4. The summed E-state index contributed by atoms with van der Waals surface area (Å²) in [6.45, 7) is 31.9. The van der Waals surface area contributed by atoms with E-state index in [0.29, 0.717) is 23.9 Å². The number of benzene rings is 4. The van der Waals surface area contributed by atoms with Crippen molar-refractivity contribution >= 4 is 0 Å². The van der Waals surface area contributed by atoms with Crippen LogP contribution < -0.4 is 18.9 Å². The van der Waals surface area contributed by atoms with E-state index in [4.69, 9.17) is 18.9 Å². The molecule has 0 aliphatic carbocycles. The first-order valence-corrected chi connectivity index (χ1v) is 22.5. The van der Waals surface area contributed by atoms with Crippen LogP contribution in [0.15, 0.2) is 97.1 Å². The van der Waals surface area contributed by atoms with E-state index >= 15 is 0 Å². The van der Waals surface area contributed by atoms with Crippen LogP contribution >= 0.6 is 0 Å². The zero-order valence-electron chi connectivity index (χ0n) is 39.3. The van der Waals surface area contributed by atoms with Crippen LogP contribution in [0.5, 0.6) is 23.0 Å². The summed E-state index contributed by atoms with van der Waals surface area (Å²) in [6.07, 6.45) is 12.6. The minimum Gasteiger partial charge on any atom is -0.493 e. The van der Waals surface area contributed by atoms with Crippen LogP contribution in [-0.4, -0.2) is 25.9 Å². The molecule has 0 radical (unpaired) electrons. The summed E-state index contributed by atoms with van der Waals surface area (Å²) in [7, 11) is 0. The van der Waals surface area contributed by atoms with Gasteiger partial charge in [0.15, 0.2) is 0 Å². The van der Waals surface area contributed by atoms with E-state index in [1.165, 1.54) is 47.9 Å². The van der Waals surface area contributed by atoms with E-state index in [1.54, 1.807) is 0 Å².